The van der Waals surface area contributed by atoms with Crippen molar-refractivity contribution in [2.45, 2.75) is 34.1 Å². The summed E-state index contributed by atoms with van der Waals surface area (Å²) in [6.07, 6.45) is 0.224. The zero-order chi connectivity index (χ0) is 18.0. The Kier molecular flexibility index (Phi) is 5.34. The van der Waals surface area contributed by atoms with Crippen LogP contribution in [0, 0.1) is 13.8 Å². The largest absolute Gasteiger partial charge is 0.466 e. The lowest BCUT2D eigenvalue weighted by Gasteiger charge is -2.23. The van der Waals surface area contributed by atoms with E-state index in [0.29, 0.717) is 27.6 Å². The van der Waals surface area contributed by atoms with Crippen molar-refractivity contribution in [2.24, 2.45) is 0 Å². The third-order valence-corrected chi connectivity index (χ3v) is 4.60. The molecular weight excluding hydrogens is 328 g/mol. The number of carbonyl (C=O) groups excluding carboxylic acids is 2. The molecule has 0 unspecified atom stereocenters. The molecule has 0 aromatic heterocycles. The first-order chi connectivity index (χ1) is 11.3. The second-order valence-electron chi connectivity index (χ2n) is 5.82. The average molecular weight is 349 g/mol. The maximum absolute atomic E-state index is 12.7. The van der Waals surface area contributed by atoms with Crippen molar-refractivity contribution in [3.05, 3.63) is 50.8 Å². The van der Waals surface area contributed by atoms with Gasteiger partial charge in [0.2, 0.25) is 0 Å². The topological polar surface area (TPSA) is 67.4 Å². The number of carbonyl (C=O) groups is 2. The number of allylic oxidation sites excluding steroid dienone is 2. The summed E-state index contributed by atoms with van der Waals surface area (Å²) in [4.78, 5) is 24.6. The maximum Gasteiger partial charge on any atom is 0.335 e. The summed E-state index contributed by atoms with van der Waals surface area (Å²) >= 11 is 6.14. The van der Waals surface area contributed by atoms with Crippen molar-refractivity contribution in [3.63, 3.8) is 0 Å². The van der Waals surface area contributed by atoms with Crippen LogP contribution in [-0.4, -0.2) is 19.0 Å². The Morgan fingerprint density at radius 2 is 1.75 bits per heavy atom. The van der Waals surface area contributed by atoms with Crippen molar-refractivity contribution in [1.29, 1.82) is 0 Å². The normalized spacial score (nSPS) is 14.4. The van der Waals surface area contributed by atoms with Gasteiger partial charge in [-0.15, -0.1) is 0 Å². The predicted octanol–water partition coefficient (Wildman–Crippen LogP) is 3.61. The van der Waals surface area contributed by atoms with Gasteiger partial charge in [-0.05, 0) is 44.9 Å². The highest BCUT2D eigenvalue weighted by Crippen LogP contribution is 2.29. The number of anilines is 1. The third-order valence-electron chi connectivity index (χ3n) is 4.19. The van der Waals surface area contributed by atoms with Crippen LogP contribution in [0.2, 0.25) is 5.02 Å². The molecule has 0 spiro atoms. The van der Waals surface area contributed by atoms with Crippen LogP contribution in [0.3, 0.4) is 0 Å². The number of aryl methyl sites for hydroxylation is 1. The number of hydrogen-bond donors (Lipinski definition) is 2. The van der Waals surface area contributed by atoms with Gasteiger partial charge in [0.15, 0.2) is 0 Å². The fourth-order valence-electron chi connectivity index (χ4n) is 2.68. The quantitative estimate of drug-likeness (QED) is 0.819. The number of benzene rings is 1. The van der Waals surface area contributed by atoms with E-state index in [2.05, 4.69) is 10.6 Å². The monoisotopic (exact) mass is 348 g/mol. The maximum atomic E-state index is 12.7. The molecule has 1 aromatic rings. The van der Waals surface area contributed by atoms with E-state index < -0.39 is 5.97 Å². The molecular formula is C18H21ClN2O3. The minimum absolute atomic E-state index is 0.224. The molecule has 1 aliphatic heterocycles. The molecule has 0 fully saturated rings. The molecule has 0 radical (unpaired) electrons. The molecule has 6 heteroatoms. The van der Waals surface area contributed by atoms with Gasteiger partial charge in [0, 0.05) is 34.1 Å². The molecule has 1 aliphatic rings. The molecule has 128 valence electrons. The Morgan fingerprint density at radius 1 is 1.12 bits per heavy atom. The van der Waals surface area contributed by atoms with Gasteiger partial charge in [0.05, 0.1) is 12.7 Å². The third kappa shape index (κ3) is 3.46. The molecule has 0 aliphatic carbocycles. The standard InChI is InChI=1S/C18H21ClN2O3/c1-9-6-7-15(19)10(2)16(9)21-17(22)13-8-14(18(23)24-5)12(4)20-11(13)3/h6-7,20H,8H2,1-5H3,(H,21,22). The second-order valence-corrected chi connectivity index (χ2v) is 6.23. The molecule has 24 heavy (non-hydrogen) atoms. The molecule has 0 atom stereocenters. The van der Waals surface area contributed by atoms with Gasteiger partial charge >= 0.3 is 5.97 Å². The number of dihydropyridines is 1. The van der Waals surface area contributed by atoms with E-state index in [1.165, 1.54) is 7.11 Å². The molecule has 1 heterocycles. The van der Waals surface area contributed by atoms with Gasteiger partial charge in [0.25, 0.3) is 5.91 Å². The van der Waals surface area contributed by atoms with Gasteiger partial charge in [-0.25, -0.2) is 4.79 Å². The van der Waals surface area contributed by atoms with Crippen LogP contribution in [0.15, 0.2) is 34.7 Å². The summed E-state index contributed by atoms with van der Waals surface area (Å²) in [7, 11) is 1.33. The highest BCUT2D eigenvalue weighted by Gasteiger charge is 2.26. The average Bonchev–Trinajstić information content (AvgIpc) is 2.54. The van der Waals surface area contributed by atoms with E-state index >= 15 is 0 Å². The molecule has 2 rings (SSSR count). The van der Waals surface area contributed by atoms with Crippen molar-refractivity contribution >= 4 is 29.2 Å². The van der Waals surface area contributed by atoms with Crippen LogP contribution in [0.1, 0.15) is 31.4 Å². The van der Waals surface area contributed by atoms with Crippen LogP contribution < -0.4 is 10.6 Å². The number of amides is 1. The fourth-order valence-corrected chi connectivity index (χ4v) is 2.83. The number of halogens is 1. The summed E-state index contributed by atoms with van der Waals surface area (Å²) < 4.78 is 4.79. The molecule has 0 saturated heterocycles. The summed E-state index contributed by atoms with van der Waals surface area (Å²) in [5.74, 6) is -0.699. The minimum Gasteiger partial charge on any atom is -0.466 e. The van der Waals surface area contributed by atoms with E-state index in [4.69, 9.17) is 16.3 Å². The van der Waals surface area contributed by atoms with Crippen LogP contribution >= 0.6 is 11.6 Å². The molecule has 5 nitrogen and oxygen atoms in total. The van der Waals surface area contributed by atoms with Gasteiger partial charge < -0.3 is 15.4 Å². The molecule has 0 saturated carbocycles. The lowest BCUT2D eigenvalue weighted by Crippen LogP contribution is -2.28. The summed E-state index contributed by atoms with van der Waals surface area (Å²) in [6.45, 7) is 7.36. The predicted molar refractivity (Wildman–Crippen MR) is 94.7 cm³/mol. The molecule has 1 aromatic carbocycles. The number of rotatable bonds is 3. The van der Waals surface area contributed by atoms with Gasteiger partial charge in [-0.3, -0.25) is 4.79 Å². The van der Waals surface area contributed by atoms with Gasteiger partial charge in [-0.1, -0.05) is 17.7 Å². The zero-order valence-corrected chi connectivity index (χ0v) is 15.2. The molecule has 1 amide bonds. The van der Waals surface area contributed by atoms with Gasteiger partial charge in [0.1, 0.15) is 0 Å². The van der Waals surface area contributed by atoms with Crippen LogP contribution in [0.5, 0.6) is 0 Å². The van der Waals surface area contributed by atoms with Crippen molar-refractivity contribution in [3.8, 4) is 0 Å². The summed E-state index contributed by atoms with van der Waals surface area (Å²) in [6, 6.07) is 3.66. The van der Waals surface area contributed by atoms with Crippen LogP contribution in [-0.2, 0) is 14.3 Å². The van der Waals surface area contributed by atoms with E-state index in [-0.39, 0.29) is 12.3 Å². The summed E-state index contributed by atoms with van der Waals surface area (Å²) in [5, 5.41) is 6.58. The SMILES string of the molecule is COC(=O)C1=C(C)NC(C)=C(C(=O)Nc2c(C)ccc(Cl)c2C)C1. The number of ether oxygens (including phenoxy) is 1. The van der Waals surface area contributed by atoms with E-state index in [1.807, 2.05) is 26.8 Å². The number of hydrogen-bond acceptors (Lipinski definition) is 4. The number of methoxy groups -OCH3 is 1. The second kappa shape index (κ2) is 7.09. The van der Waals surface area contributed by atoms with E-state index in [0.717, 1.165) is 16.8 Å². The van der Waals surface area contributed by atoms with Crippen LogP contribution in [0.25, 0.3) is 0 Å². The first-order valence-electron chi connectivity index (χ1n) is 7.58. The smallest absolute Gasteiger partial charge is 0.335 e. The highest BCUT2D eigenvalue weighted by molar-refractivity contribution is 6.32. The minimum atomic E-state index is -0.437. The molecule has 2 N–H and O–H groups in total. The molecule has 0 bridgehead atoms. The van der Waals surface area contributed by atoms with E-state index in [9.17, 15) is 9.59 Å². The van der Waals surface area contributed by atoms with Crippen molar-refractivity contribution in [2.75, 3.05) is 12.4 Å². The Labute approximate surface area is 146 Å². The van der Waals surface area contributed by atoms with Gasteiger partial charge in [-0.2, -0.15) is 0 Å². The van der Waals surface area contributed by atoms with Crippen LogP contribution in [0.4, 0.5) is 5.69 Å². The first kappa shape index (κ1) is 18.1. The fraction of sp³-hybridized carbons (Fsp3) is 0.333. The zero-order valence-electron chi connectivity index (χ0n) is 14.5. The highest BCUT2D eigenvalue weighted by atomic mass is 35.5. The first-order valence-corrected chi connectivity index (χ1v) is 7.96. The Bertz CT molecular complexity index is 779. The Morgan fingerprint density at radius 3 is 2.38 bits per heavy atom. The van der Waals surface area contributed by atoms with E-state index in [1.54, 1.807) is 13.0 Å². The lowest BCUT2D eigenvalue weighted by molar-refractivity contribution is -0.136. The number of esters is 1. The van der Waals surface area contributed by atoms with Crippen molar-refractivity contribution < 1.29 is 14.3 Å². The Balaban J connectivity index is 2.29. The lowest BCUT2D eigenvalue weighted by atomic mass is 9.97. The van der Waals surface area contributed by atoms with Crippen molar-refractivity contribution in [1.82, 2.24) is 5.32 Å². The number of nitrogens with one attached hydrogen (secondary N) is 2. The summed E-state index contributed by atoms with van der Waals surface area (Å²) in [5.41, 5.74) is 4.80. The Hall–Kier alpha value is -2.27.